The van der Waals surface area contributed by atoms with Crippen LogP contribution in [0.4, 0.5) is 0 Å². The van der Waals surface area contributed by atoms with Crippen LogP contribution in [0.3, 0.4) is 0 Å². The molecule has 30 heavy (non-hydrogen) atoms. The number of benzene rings is 2. The Morgan fingerprint density at radius 1 is 0.700 bits per heavy atom. The molecule has 2 aromatic carbocycles. The van der Waals surface area contributed by atoms with Crippen LogP contribution in [0.25, 0.3) is 0 Å². The molecule has 0 bridgehead atoms. The minimum atomic E-state index is -0.418. The standard InChI is InChI=1S/C23H30N2O5/c1-3-4-5-6-15-29-20-11-7-18(8-12-20)22(26)24-25-23(27)19-9-13-21(14-10-19)30-17-16-28-2/h7-14H,3-6,15-17H2,1-2H3,(H,24,26)(H,25,27). The molecule has 2 amide bonds. The van der Waals surface area contributed by atoms with E-state index in [1.807, 2.05) is 0 Å². The summed E-state index contributed by atoms with van der Waals surface area (Å²) in [6, 6.07) is 13.4. The zero-order valence-electron chi connectivity index (χ0n) is 17.6. The van der Waals surface area contributed by atoms with Gasteiger partial charge in [-0.05, 0) is 55.0 Å². The Morgan fingerprint density at radius 3 is 1.67 bits per heavy atom. The van der Waals surface area contributed by atoms with Crippen LogP contribution in [0.15, 0.2) is 48.5 Å². The van der Waals surface area contributed by atoms with Crippen molar-refractivity contribution in [2.45, 2.75) is 32.6 Å². The molecule has 0 fully saturated rings. The van der Waals surface area contributed by atoms with Crippen LogP contribution in [-0.4, -0.2) is 38.7 Å². The highest BCUT2D eigenvalue weighted by atomic mass is 16.5. The van der Waals surface area contributed by atoms with E-state index in [2.05, 4.69) is 17.8 Å². The summed E-state index contributed by atoms with van der Waals surface area (Å²) >= 11 is 0. The Kier molecular flexibility index (Phi) is 10.2. The van der Waals surface area contributed by atoms with Gasteiger partial charge in [-0.2, -0.15) is 0 Å². The molecule has 7 nitrogen and oxygen atoms in total. The van der Waals surface area contributed by atoms with E-state index in [4.69, 9.17) is 14.2 Å². The highest BCUT2D eigenvalue weighted by Gasteiger charge is 2.09. The summed E-state index contributed by atoms with van der Waals surface area (Å²) in [6.07, 6.45) is 4.57. The van der Waals surface area contributed by atoms with Gasteiger partial charge in [0, 0.05) is 18.2 Å². The van der Waals surface area contributed by atoms with Gasteiger partial charge < -0.3 is 14.2 Å². The van der Waals surface area contributed by atoms with Gasteiger partial charge in [0.2, 0.25) is 0 Å². The molecule has 0 spiro atoms. The third-order valence-corrected chi connectivity index (χ3v) is 4.35. The third-order valence-electron chi connectivity index (χ3n) is 4.35. The number of rotatable bonds is 12. The summed E-state index contributed by atoms with van der Waals surface area (Å²) in [4.78, 5) is 24.4. The lowest BCUT2D eigenvalue weighted by atomic mass is 10.2. The summed E-state index contributed by atoms with van der Waals surface area (Å²) in [5, 5.41) is 0. The van der Waals surface area contributed by atoms with Gasteiger partial charge in [-0.1, -0.05) is 26.2 Å². The first-order valence-electron chi connectivity index (χ1n) is 10.2. The Morgan fingerprint density at radius 2 is 1.20 bits per heavy atom. The van der Waals surface area contributed by atoms with E-state index in [1.54, 1.807) is 55.6 Å². The number of hydrogen-bond acceptors (Lipinski definition) is 5. The van der Waals surface area contributed by atoms with Gasteiger partial charge in [-0.3, -0.25) is 20.4 Å². The van der Waals surface area contributed by atoms with E-state index in [0.29, 0.717) is 36.7 Å². The summed E-state index contributed by atoms with van der Waals surface area (Å²) in [7, 11) is 1.60. The molecule has 0 unspecified atom stereocenters. The van der Waals surface area contributed by atoms with Crippen molar-refractivity contribution in [1.82, 2.24) is 10.9 Å². The molecule has 0 aliphatic rings. The van der Waals surface area contributed by atoms with Gasteiger partial charge in [-0.15, -0.1) is 0 Å². The van der Waals surface area contributed by atoms with Crippen molar-refractivity contribution >= 4 is 11.8 Å². The molecular formula is C23H30N2O5. The lowest BCUT2D eigenvalue weighted by Crippen LogP contribution is -2.41. The van der Waals surface area contributed by atoms with E-state index in [1.165, 1.54) is 12.8 Å². The van der Waals surface area contributed by atoms with Gasteiger partial charge in [0.15, 0.2) is 0 Å². The van der Waals surface area contributed by atoms with Crippen LogP contribution < -0.4 is 20.3 Å². The van der Waals surface area contributed by atoms with E-state index in [9.17, 15) is 9.59 Å². The number of carbonyl (C=O) groups excluding carboxylic acids is 2. The highest BCUT2D eigenvalue weighted by Crippen LogP contribution is 2.14. The molecule has 0 saturated heterocycles. The van der Waals surface area contributed by atoms with Crippen molar-refractivity contribution < 1.29 is 23.8 Å². The van der Waals surface area contributed by atoms with Crippen molar-refractivity contribution in [2.24, 2.45) is 0 Å². The van der Waals surface area contributed by atoms with Crippen LogP contribution in [0.5, 0.6) is 11.5 Å². The maximum Gasteiger partial charge on any atom is 0.269 e. The normalized spacial score (nSPS) is 10.3. The minimum Gasteiger partial charge on any atom is -0.494 e. The Hall–Kier alpha value is -3.06. The predicted molar refractivity (Wildman–Crippen MR) is 115 cm³/mol. The molecule has 0 aliphatic carbocycles. The first kappa shape index (κ1) is 23.2. The van der Waals surface area contributed by atoms with E-state index in [-0.39, 0.29) is 0 Å². The van der Waals surface area contributed by atoms with E-state index in [0.717, 1.165) is 18.6 Å². The van der Waals surface area contributed by atoms with Crippen LogP contribution in [-0.2, 0) is 4.74 Å². The zero-order valence-corrected chi connectivity index (χ0v) is 17.6. The van der Waals surface area contributed by atoms with Gasteiger partial charge >= 0.3 is 0 Å². The first-order valence-corrected chi connectivity index (χ1v) is 10.2. The summed E-state index contributed by atoms with van der Waals surface area (Å²) < 4.78 is 16.0. The number of ether oxygens (including phenoxy) is 3. The second-order valence-corrected chi connectivity index (χ2v) is 6.71. The smallest absolute Gasteiger partial charge is 0.269 e. The molecular weight excluding hydrogens is 384 g/mol. The quantitative estimate of drug-likeness (QED) is 0.408. The monoisotopic (exact) mass is 414 g/mol. The zero-order chi connectivity index (χ0) is 21.6. The number of hydrazine groups is 1. The Balaban J connectivity index is 1.75. The summed E-state index contributed by atoms with van der Waals surface area (Å²) in [5.74, 6) is 0.538. The fourth-order valence-corrected chi connectivity index (χ4v) is 2.62. The first-order chi connectivity index (χ1) is 14.6. The predicted octanol–water partition coefficient (Wildman–Crippen LogP) is 3.75. The molecule has 2 N–H and O–H groups in total. The van der Waals surface area contributed by atoms with Crippen LogP contribution in [0.2, 0.25) is 0 Å². The minimum absolute atomic E-state index is 0.404. The summed E-state index contributed by atoms with van der Waals surface area (Å²) in [5.41, 5.74) is 5.65. The average molecular weight is 415 g/mol. The second-order valence-electron chi connectivity index (χ2n) is 6.71. The SMILES string of the molecule is CCCCCCOc1ccc(C(=O)NNC(=O)c2ccc(OCCOC)cc2)cc1. The van der Waals surface area contributed by atoms with Crippen LogP contribution in [0, 0.1) is 0 Å². The number of hydrogen-bond donors (Lipinski definition) is 2. The second kappa shape index (κ2) is 13.2. The van der Waals surface area contributed by atoms with Crippen LogP contribution >= 0.6 is 0 Å². The number of nitrogens with one attached hydrogen (secondary N) is 2. The molecule has 2 rings (SSSR count). The maximum absolute atomic E-state index is 12.2. The Bertz CT molecular complexity index is 775. The molecule has 7 heteroatoms. The fourth-order valence-electron chi connectivity index (χ4n) is 2.62. The average Bonchev–Trinajstić information content (AvgIpc) is 2.78. The van der Waals surface area contributed by atoms with Gasteiger partial charge in [0.25, 0.3) is 11.8 Å². The van der Waals surface area contributed by atoms with Crippen LogP contribution in [0.1, 0.15) is 53.3 Å². The topological polar surface area (TPSA) is 85.9 Å². The molecule has 0 aromatic heterocycles. The highest BCUT2D eigenvalue weighted by molar-refractivity contribution is 5.99. The number of methoxy groups -OCH3 is 1. The number of amides is 2. The summed E-state index contributed by atoms with van der Waals surface area (Å²) in [6.45, 7) is 3.75. The largest absolute Gasteiger partial charge is 0.494 e. The van der Waals surface area contributed by atoms with Crippen molar-refractivity contribution in [3.05, 3.63) is 59.7 Å². The molecule has 0 radical (unpaired) electrons. The molecule has 0 saturated carbocycles. The number of carbonyl (C=O) groups is 2. The number of unbranched alkanes of at least 4 members (excludes halogenated alkanes) is 3. The lowest BCUT2D eigenvalue weighted by Gasteiger charge is -2.10. The molecule has 2 aromatic rings. The van der Waals surface area contributed by atoms with Crippen molar-refractivity contribution in [2.75, 3.05) is 26.9 Å². The fraction of sp³-hybridized carbons (Fsp3) is 0.391. The van der Waals surface area contributed by atoms with Crippen molar-refractivity contribution in [1.29, 1.82) is 0 Å². The molecule has 162 valence electrons. The molecule has 0 atom stereocenters. The molecule has 0 heterocycles. The van der Waals surface area contributed by atoms with Gasteiger partial charge in [0.1, 0.15) is 18.1 Å². The lowest BCUT2D eigenvalue weighted by molar-refractivity contribution is 0.0846. The Labute approximate surface area is 177 Å². The third kappa shape index (κ3) is 8.13. The molecule has 0 aliphatic heterocycles. The van der Waals surface area contributed by atoms with Crippen molar-refractivity contribution in [3.8, 4) is 11.5 Å². The van der Waals surface area contributed by atoms with Crippen molar-refractivity contribution in [3.63, 3.8) is 0 Å². The van der Waals surface area contributed by atoms with E-state index >= 15 is 0 Å². The van der Waals surface area contributed by atoms with E-state index < -0.39 is 11.8 Å². The van der Waals surface area contributed by atoms with Gasteiger partial charge in [-0.25, -0.2) is 0 Å². The maximum atomic E-state index is 12.2. The van der Waals surface area contributed by atoms with Gasteiger partial charge in [0.05, 0.1) is 13.2 Å².